The van der Waals surface area contributed by atoms with Crippen molar-refractivity contribution in [3.05, 3.63) is 23.7 Å². The predicted octanol–water partition coefficient (Wildman–Crippen LogP) is 3.36. The number of carbonyl (C=O) groups excluding carboxylic acids is 3. The quantitative estimate of drug-likeness (QED) is 0.521. The number of ether oxygens (including phenoxy) is 1. The average molecular weight is 482 g/mol. The van der Waals surface area contributed by atoms with E-state index in [0.29, 0.717) is 35.5 Å². The van der Waals surface area contributed by atoms with Crippen molar-refractivity contribution >= 4 is 28.9 Å². The van der Waals surface area contributed by atoms with Gasteiger partial charge in [0.2, 0.25) is 5.91 Å². The van der Waals surface area contributed by atoms with Crippen LogP contribution in [0.1, 0.15) is 92.6 Å². The van der Waals surface area contributed by atoms with E-state index >= 15 is 0 Å². The molecular formula is C26H35N5O4. The molecule has 3 aliphatic carbocycles. The van der Waals surface area contributed by atoms with Gasteiger partial charge in [0, 0.05) is 18.2 Å². The third-order valence-electron chi connectivity index (χ3n) is 7.94. The maximum Gasteiger partial charge on any atom is 0.308 e. The normalized spacial score (nSPS) is 24.0. The van der Waals surface area contributed by atoms with E-state index in [4.69, 9.17) is 9.72 Å². The summed E-state index contributed by atoms with van der Waals surface area (Å²) < 4.78 is 4.87. The van der Waals surface area contributed by atoms with Gasteiger partial charge in [0.25, 0.3) is 5.91 Å². The highest BCUT2D eigenvalue weighted by Crippen LogP contribution is 2.39. The van der Waals surface area contributed by atoms with Crippen LogP contribution in [-0.4, -0.2) is 51.9 Å². The third-order valence-corrected chi connectivity index (χ3v) is 7.94. The summed E-state index contributed by atoms with van der Waals surface area (Å²) in [6.45, 7) is 0. The molecule has 35 heavy (non-hydrogen) atoms. The molecular weight excluding hydrogens is 446 g/mol. The molecule has 2 amide bonds. The van der Waals surface area contributed by atoms with Crippen LogP contribution in [0.3, 0.4) is 0 Å². The summed E-state index contributed by atoms with van der Waals surface area (Å²) in [7, 11) is 1.42. The number of nitrogens with one attached hydrogen (secondary N) is 3. The molecule has 9 nitrogen and oxygen atoms in total. The van der Waals surface area contributed by atoms with Crippen LogP contribution in [-0.2, 0) is 14.3 Å². The molecule has 5 rings (SSSR count). The Kier molecular flexibility index (Phi) is 7.02. The van der Waals surface area contributed by atoms with Gasteiger partial charge in [-0.05, 0) is 57.3 Å². The number of rotatable bonds is 7. The monoisotopic (exact) mass is 481 g/mol. The average Bonchev–Trinajstić information content (AvgIpc) is 3.66. The number of aromatic amines is 1. The number of amides is 2. The number of H-pyrrole nitrogens is 1. The highest BCUT2D eigenvalue weighted by Gasteiger charge is 2.35. The summed E-state index contributed by atoms with van der Waals surface area (Å²) in [5.74, 6) is -0.139. The molecule has 1 atom stereocenters. The van der Waals surface area contributed by atoms with Gasteiger partial charge in [-0.25, -0.2) is 9.97 Å². The van der Waals surface area contributed by atoms with Crippen molar-refractivity contribution in [3.63, 3.8) is 0 Å². The Hall–Kier alpha value is -2.97. The van der Waals surface area contributed by atoms with Gasteiger partial charge in [-0.3, -0.25) is 14.4 Å². The largest absolute Gasteiger partial charge is 0.469 e. The van der Waals surface area contributed by atoms with E-state index in [1.165, 1.54) is 7.11 Å². The van der Waals surface area contributed by atoms with E-state index < -0.39 is 6.04 Å². The number of nitrogens with zero attached hydrogens (tertiary/aromatic N) is 2. The molecule has 3 saturated carbocycles. The zero-order valence-corrected chi connectivity index (χ0v) is 20.3. The van der Waals surface area contributed by atoms with Crippen molar-refractivity contribution in [2.45, 2.75) is 88.6 Å². The molecule has 3 fully saturated rings. The molecule has 188 valence electrons. The van der Waals surface area contributed by atoms with Crippen LogP contribution in [0.5, 0.6) is 0 Å². The summed E-state index contributed by atoms with van der Waals surface area (Å²) in [6, 6.07) is -0.586. The van der Waals surface area contributed by atoms with Crippen LogP contribution < -0.4 is 10.6 Å². The Labute approximate surface area is 205 Å². The number of hydrogen-bond donors (Lipinski definition) is 3. The van der Waals surface area contributed by atoms with Gasteiger partial charge >= 0.3 is 5.97 Å². The zero-order valence-electron chi connectivity index (χ0n) is 20.3. The molecule has 0 radical (unpaired) electrons. The maximum atomic E-state index is 13.4. The highest BCUT2D eigenvalue weighted by molar-refractivity contribution is 6.06. The molecule has 9 heteroatoms. The molecule has 2 aromatic heterocycles. The Morgan fingerprint density at radius 1 is 1.03 bits per heavy atom. The fourth-order valence-electron chi connectivity index (χ4n) is 5.67. The first-order valence-electron chi connectivity index (χ1n) is 13.1. The fourth-order valence-corrected chi connectivity index (χ4v) is 5.67. The van der Waals surface area contributed by atoms with Gasteiger partial charge in [0.15, 0.2) is 5.65 Å². The summed E-state index contributed by atoms with van der Waals surface area (Å²) >= 11 is 0. The molecule has 0 bridgehead atoms. The van der Waals surface area contributed by atoms with Crippen molar-refractivity contribution in [1.29, 1.82) is 0 Å². The Bertz CT molecular complexity index is 1080. The summed E-state index contributed by atoms with van der Waals surface area (Å²) in [6.07, 6.45) is 13.7. The molecule has 2 heterocycles. The molecule has 0 aliphatic heterocycles. The lowest BCUT2D eigenvalue weighted by atomic mass is 9.82. The second-order valence-corrected chi connectivity index (χ2v) is 10.4. The molecule has 0 aromatic carbocycles. The molecule has 0 saturated heterocycles. The topological polar surface area (TPSA) is 126 Å². The minimum absolute atomic E-state index is 0.00598. The zero-order chi connectivity index (χ0) is 24.4. The number of fused-ring (bicyclic) bond motifs is 1. The van der Waals surface area contributed by atoms with Crippen LogP contribution in [0, 0.1) is 11.8 Å². The van der Waals surface area contributed by atoms with Crippen molar-refractivity contribution in [2.24, 2.45) is 11.8 Å². The summed E-state index contributed by atoms with van der Waals surface area (Å²) in [5.41, 5.74) is 2.51. The number of esters is 1. The second-order valence-electron chi connectivity index (χ2n) is 10.4. The predicted molar refractivity (Wildman–Crippen MR) is 130 cm³/mol. The molecule has 2 aromatic rings. The van der Waals surface area contributed by atoms with E-state index in [0.717, 1.165) is 63.5 Å². The molecule has 1 unspecified atom stereocenters. The van der Waals surface area contributed by atoms with Crippen molar-refractivity contribution in [3.8, 4) is 0 Å². The fraction of sp³-hybridized carbons (Fsp3) is 0.654. The first-order valence-corrected chi connectivity index (χ1v) is 13.1. The number of aromatic nitrogens is 3. The first-order chi connectivity index (χ1) is 17.0. The first kappa shape index (κ1) is 23.8. The van der Waals surface area contributed by atoms with Gasteiger partial charge < -0.3 is 20.4 Å². The maximum absolute atomic E-state index is 13.4. The Balaban J connectivity index is 1.29. The van der Waals surface area contributed by atoms with Crippen molar-refractivity contribution in [1.82, 2.24) is 25.6 Å². The smallest absolute Gasteiger partial charge is 0.308 e. The van der Waals surface area contributed by atoms with Crippen molar-refractivity contribution < 1.29 is 19.1 Å². The van der Waals surface area contributed by atoms with E-state index in [-0.39, 0.29) is 35.7 Å². The standard InChI is InChI=1S/C26H35N5O4/c1-35-26(34)17-9-11-18(12-10-17)29-25(33)21(16-5-3-2-4-6-16)31-24(32)19-13-27-23-22(19)30-20(14-28-23)15-7-8-15/h13-18,21H,2-12H2,1H3,(H,27,28)(H,29,33)(H,31,32). The van der Waals surface area contributed by atoms with Gasteiger partial charge in [0.1, 0.15) is 11.6 Å². The minimum Gasteiger partial charge on any atom is -0.469 e. The number of carbonyl (C=O) groups is 3. The summed E-state index contributed by atoms with van der Waals surface area (Å²) in [4.78, 5) is 50.9. The lowest BCUT2D eigenvalue weighted by Crippen LogP contribution is -2.54. The number of hydrogen-bond acceptors (Lipinski definition) is 6. The summed E-state index contributed by atoms with van der Waals surface area (Å²) in [5, 5.41) is 6.23. The van der Waals surface area contributed by atoms with Crippen LogP contribution in [0.25, 0.3) is 11.2 Å². The SMILES string of the molecule is COC(=O)C1CCC(NC(=O)C(NC(=O)c2c[nH]c3ncc(C4CC4)nc23)C2CCCCC2)CC1. The van der Waals surface area contributed by atoms with E-state index in [1.807, 2.05) is 0 Å². The van der Waals surface area contributed by atoms with Crippen molar-refractivity contribution in [2.75, 3.05) is 7.11 Å². The van der Waals surface area contributed by atoms with Gasteiger partial charge in [-0.1, -0.05) is 19.3 Å². The second kappa shape index (κ2) is 10.3. The van der Waals surface area contributed by atoms with Crippen LogP contribution >= 0.6 is 0 Å². The van der Waals surface area contributed by atoms with E-state index in [2.05, 4.69) is 20.6 Å². The lowest BCUT2D eigenvalue weighted by Gasteiger charge is -2.33. The van der Waals surface area contributed by atoms with Gasteiger partial charge in [-0.2, -0.15) is 0 Å². The van der Waals surface area contributed by atoms with Gasteiger partial charge in [0.05, 0.1) is 30.5 Å². The van der Waals surface area contributed by atoms with E-state index in [9.17, 15) is 14.4 Å². The molecule has 3 N–H and O–H groups in total. The van der Waals surface area contributed by atoms with E-state index in [1.54, 1.807) is 12.4 Å². The lowest BCUT2D eigenvalue weighted by molar-refractivity contribution is -0.146. The van der Waals surface area contributed by atoms with Gasteiger partial charge in [-0.15, -0.1) is 0 Å². The minimum atomic E-state index is -0.592. The van der Waals surface area contributed by atoms with Crippen LogP contribution in [0.2, 0.25) is 0 Å². The third kappa shape index (κ3) is 5.33. The van der Waals surface area contributed by atoms with Crippen LogP contribution in [0.15, 0.2) is 12.4 Å². The molecule has 0 spiro atoms. The Morgan fingerprint density at radius 3 is 2.46 bits per heavy atom. The number of methoxy groups -OCH3 is 1. The molecule has 3 aliphatic rings. The van der Waals surface area contributed by atoms with Crippen LogP contribution in [0.4, 0.5) is 0 Å². The highest BCUT2D eigenvalue weighted by atomic mass is 16.5. The Morgan fingerprint density at radius 2 is 1.77 bits per heavy atom.